The van der Waals surface area contributed by atoms with Crippen molar-refractivity contribution in [3.63, 3.8) is 0 Å². The Balaban J connectivity index is -0.00000200. The van der Waals surface area contributed by atoms with Crippen molar-refractivity contribution < 1.29 is 55.6 Å². The summed E-state index contributed by atoms with van der Waals surface area (Å²) >= 11 is 0. The van der Waals surface area contributed by atoms with E-state index in [2.05, 4.69) is 12.2 Å². The molecule has 7 heteroatoms. The molecule has 0 rings (SSSR count). The zero-order valence-electron chi connectivity index (χ0n) is 14.8. The van der Waals surface area contributed by atoms with Crippen LogP contribution in [0.2, 0.25) is 0 Å². The van der Waals surface area contributed by atoms with Crippen LogP contribution in [0.3, 0.4) is 0 Å². The number of carboxylic acids is 2. The van der Waals surface area contributed by atoms with Crippen molar-refractivity contribution in [1.82, 2.24) is 5.32 Å². The van der Waals surface area contributed by atoms with Gasteiger partial charge >= 0.3 is 41.5 Å². The Morgan fingerprint density at radius 1 is 0.955 bits per heavy atom. The van der Waals surface area contributed by atoms with Gasteiger partial charge in [-0.1, -0.05) is 45.4 Å². The molecule has 0 radical (unpaired) electrons. The van der Waals surface area contributed by atoms with Crippen molar-refractivity contribution in [2.75, 3.05) is 0 Å². The summed E-state index contributed by atoms with van der Waals surface area (Å²) in [6, 6.07) is -1.11. The van der Waals surface area contributed by atoms with Gasteiger partial charge in [0.1, 0.15) is 6.04 Å². The largest absolute Gasteiger partial charge is 1.00 e. The van der Waals surface area contributed by atoms with Gasteiger partial charge in [-0.2, -0.15) is 0 Å². The summed E-state index contributed by atoms with van der Waals surface area (Å²) in [4.78, 5) is 33.0. The van der Waals surface area contributed by atoms with E-state index in [1.54, 1.807) is 0 Å². The maximum atomic E-state index is 11.6. The number of rotatable bonds is 13. The van der Waals surface area contributed by atoms with Crippen molar-refractivity contribution in [2.45, 2.75) is 77.2 Å². The van der Waals surface area contributed by atoms with Crippen LogP contribution in [-0.4, -0.2) is 34.1 Å². The first-order valence-corrected chi connectivity index (χ1v) is 7.71. The van der Waals surface area contributed by atoms with E-state index in [9.17, 15) is 14.4 Å². The van der Waals surface area contributed by atoms with Gasteiger partial charge < -0.3 is 17.0 Å². The second kappa shape index (κ2) is 15.3. The molecule has 0 aromatic heterocycles. The summed E-state index contributed by atoms with van der Waals surface area (Å²) in [6.07, 6.45) is 7.57. The molecule has 0 aliphatic rings. The maximum absolute atomic E-state index is 11.6. The first-order valence-electron chi connectivity index (χ1n) is 7.71. The van der Waals surface area contributed by atoms with Gasteiger partial charge in [-0.15, -0.1) is 0 Å². The van der Waals surface area contributed by atoms with Crippen LogP contribution in [0.1, 0.15) is 72.6 Å². The average molecular weight is 325 g/mol. The summed E-state index contributed by atoms with van der Waals surface area (Å²) in [6.45, 7) is 2.16. The molecule has 1 atom stereocenters. The van der Waals surface area contributed by atoms with E-state index in [1.807, 2.05) is 0 Å². The van der Waals surface area contributed by atoms with E-state index in [1.165, 1.54) is 25.7 Å². The summed E-state index contributed by atoms with van der Waals surface area (Å²) < 4.78 is 0. The molecule has 0 fully saturated rings. The molecule has 3 N–H and O–H groups in total. The molecule has 0 saturated carbocycles. The molecular formula is C15H28NNaO5. The molecule has 0 aromatic carbocycles. The fourth-order valence-corrected chi connectivity index (χ4v) is 2.03. The molecule has 0 saturated heterocycles. The number of carbonyl (C=O) groups is 3. The van der Waals surface area contributed by atoms with Gasteiger partial charge in [-0.25, -0.2) is 4.79 Å². The predicted octanol–water partition coefficient (Wildman–Crippen LogP) is -0.322. The summed E-state index contributed by atoms with van der Waals surface area (Å²) in [5.41, 5.74) is 0. The van der Waals surface area contributed by atoms with Gasteiger partial charge in [-0.05, 0) is 12.8 Å². The van der Waals surface area contributed by atoms with Crippen molar-refractivity contribution in [1.29, 1.82) is 0 Å². The molecule has 0 aromatic rings. The van der Waals surface area contributed by atoms with Gasteiger partial charge in [0, 0.05) is 12.8 Å². The standard InChI is InChI=1S/C15H27NO5.Na.H/c1-2-3-4-5-6-7-8-9-13(17)16-12(15(20)21)10-11-14(18)19;;/h12H,2-11H2,1H3,(H,16,17)(H,18,19)(H,20,21);;/q;+1;-1. The third kappa shape index (κ3) is 14.4. The second-order valence-corrected chi connectivity index (χ2v) is 5.26. The average Bonchev–Trinajstić information content (AvgIpc) is 2.41. The molecule has 0 spiro atoms. The number of carbonyl (C=O) groups excluding carboxylic acids is 1. The first kappa shape index (κ1) is 23.7. The quantitative estimate of drug-likeness (QED) is 0.318. The third-order valence-electron chi connectivity index (χ3n) is 3.29. The van der Waals surface area contributed by atoms with E-state index >= 15 is 0 Å². The number of amides is 1. The number of carboxylic acid groups (broad SMARTS) is 2. The Bertz CT molecular complexity index is 342. The van der Waals surface area contributed by atoms with E-state index in [4.69, 9.17) is 10.2 Å². The zero-order valence-corrected chi connectivity index (χ0v) is 15.8. The van der Waals surface area contributed by atoms with Gasteiger partial charge in [0.05, 0.1) is 0 Å². The van der Waals surface area contributed by atoms with Gasteiger partial charge in [0.2, 0.25) is 5.91 Å². The predicted molar refractivity (Wildman–Crippen MR) is 80.2 cm³/mol. The van der Waals surface area contributed by atoms with Crippen molar-refractivity contribution in [2.24, 2.45) is 0 Å². The van der Waals surface area contributed by atoms with Crippen LogP contribution in [0.4, 0.5) is 0 Å². The SMILES string of the molecule is CCCCCCCCCC(=O)NC(CCC(=O)O)C(=O)O.[H-].[Na+]. The molecular weight excluding hydrogens is 297 g/mol. The summed E-state index contributed by atoms with van der Waals surface area (Å²) in [5.74, 6) is -2.58. The van der Waals surface area contributed by atoms with Gasteiger partial charge in [0.15, 0.2) is 0 Å². The summed E-state index contributed by atoms with van der Waals surface area (Å²) in [7, 11) is 0. The van der Waals surface area contributed by atoms with Crippen LogP contribution in [0.5, 0.6) is 0 Å². The monoisotopic (exact) mass is 325 g/mol. The fourth-order valence-electron chi connectivity index (χ4n) is 2.03. The van der Waals surface area contributed by atoms with E-state index in [0.29, 0.717) is 6.42 Å². The normalized spacial score (nSPS) is 11.3. The molecule has 0 aliphatic heterocycles. The summed E-state index contributed by atoms with van der Waals surface area (Å²) in [5, 5.41) is 19.8. The number of unbranched alkanes of at least 4 members (excludes halogenated alkanes) is 6. The molecule has 0 bridgehead atoms. The van der Waals surface area contributed by atoms with E-state index in [-0.39, 0.29) is 49.7 Å². The van der Waals surface area contributed by atoms with Crippen molar-refractivity contribution in [3.05, 3.63) is 0 Å². The van der Waals surface area contributed by atoms with Gasteiger partial charge in [-0.3, -0.25) is 9.59 Å². The Kier molecular flexibility index (Phi) is 16.5. The minimum absolute atomic E-state index is 0. The number of aliphatic carboxylic acids is 2. The number of hydrogen-bond acceptors (Lipinski definition) is 3. The van der Waals surface area contributed by atoms with Crippen LogP contribution >= 0.6 is 0 Å². The molecule has 22 heavy (non-hydrogen) atoms. The Hall–Kier alpha value is -0.590. The molecule has 0 heterocycles. The zero-order chi connectivity index (χ0) is 16.1. The minimum Gasteiger partial charge on any atom is -1.00 e. The molecule has 124 valence electrons. The molecule has 1 unspecified atom stereocenters. The minimum atomic E-state index is -1.19. The van der Waals surface area contributed by atoms with Crippen LogP contribution in [0.15, 0.2) is 0 Å². The van der Waals surface area contributed by atoms with Crippen LogP contribution in [0, 0.1) is 0 Å². The number of hydrogen-bond donors (Lipinski definition) is 3. The van der Waals surface area contributed by atoms with Crippen molar-refractivity contribution in [3.8, 4) is 0 Å². The first-order chi connectivity index (χ1) is 9.97. The van der Waals surface area contributed by atoms with E-state index < -0.39 is 18.0 Å². The van der Waals surface area contributed by atoms with Crippen LogP contribution < -0.4 is 34.9 Å². The fraction of sp³-hybridized carbons (Fsp3) is 0.800. The smallest absolute Gasteiger partial charge is 1.00 e. The van der Waals surface area contributed by atoms with Crippen LogP contribution in [-0.2, 0) is 14.4 Å². The topological polar surface area (TPSA) is 104 Å². The Labute approximate surface area is 155 Å². The van der Waals surface area contributed by atoms with Gasteiger partial charge in [0.25, 0.3) is 0 Å². The number of nitrogens with one attached hydrogen (secondary N) is 1. The Morgan fingerprint density at radius 3 is 2.00 bits per heavy atom. The third-order valence-corrected chi connectivity index (χ3v) is 3.29. The molecule has 1 amide bonds. The van der Waals surface area contributed by atoms with E-state index in [0.717, 1.165) is 19.3 Å². The van der Waals surface area contributed by atoms with Crippen LogP contribution in [0.25, 0.3) is 0 Å². The molecule has 0 aliphatic carbocycles. The second-order valence-electron chi connectivity index (χ2n) is 5.26. The molecule has 6 nitrogen and oxygen atoms in total. The Morgan fingerprint density at radius 2 is 1.50 bits per heavy atom. The van der Waals surface area contributed by atoms with Crippen molar-refractivity contribution >= 4 is 17.8 Å². The maximum Gasteiger partial charge on any atom is 1.00 e.